The summed E-state index contributed by atoms with van der Waals surface area (Å²) in [6.45, 7) is 4.65. The normalized spacial score (nSPS) is 15.7. The summed E-state index contributed by atoms with van der Waals surface area (Å²) in [5.74, 6) is 0. The number of ether oxygens (including phenoxy) is 1. The predicted molar refractivity (Wildman–Crippen MR) is 99.3 cm³/mol. The molecular formula is C21H23F6NO2. The van der Waals surface area contributed by atoms with Crippen molar-refractivity contribution in [3.63, 3.8) is 0 Å². The third-order valence-electron chi connectivity index (χ3n) is 4.55. The molecule has 0 aliphatic rings. The van der Waals surface area contributed by atoms with Gasteiger partial charge in [0.2, 0.25) is 0 Å². The van der Waals surface area contributed by atoms with E-state index in [1.54, 1.807) is 12.1 Å². The van der Waals surface area contributed by atoms with Gasteiger partial charge in [0.05, 0.1) is 23.3 Å². The van der Waals surface area contributed by atoms with E-state index in [2.05, 4.69) is 0 Å². The monoisotopic (exact) mass is 435 g/mol. The van der Waals surface area contributed by atoms with Crippen LogP contribution in [-0.4, -0.2) is 11.3 Å². The molecule has 0 saturated carbocycles. The van der Waals surface area contributed by atoms with Crippen molar-refractivity contribution in [3.8, 4) is 0 Å². The lowest BCUT2D eigenvalue weighted by Gasteiger charge is -2.28. The van der Waals surface area contributed by atoms with Gasteiger partial charge in [0, 0.05) is 6.42 Å². The first kappa shape index (κ1) is 24.2. The molecule has 0 bridgehead atoms. The molecule has 2 aromatic rings. The molecule has 0 heterocycles. The molecule has 0 fully saturated rings. The molecule has 2 aromatic carbocycles. The Kier molecular flexibility index (Phi) is 6.90. The zero-order valence-corrected chi connectivity index (χ0v) is 16.7. The zero-order chi connectivity index (χ0) is 22.9. The van der Waals surface area contributed by atoms with Crippen LogP contribution in [0.3, 0.4) is 0 Å². The Bertz CT molecular complexity index is 838. The van der Waals surface area contributed by atoms with Gasteiger partial charge in [0.15, 0.2) is 0 Å². The topological polar surface area (TPSA) is 55.5 Å². The summed E-state index contributed by atoms with van der Waals surface area (Å²) in [6, 6.07) is 6.68. The van der Waals surface area contributed by atoms with Crippen LogP contribution in [0.2, 0.25) is 0 Å². The highest BCUT2D eigenvalue weighted by atomic mass is 19.4. The Labute approximate surface area is 170 Å². The van der Waals surface area contributed by atoms with Gasteiger partial charge in [-0.2, -0.15) is 26.3 Å². The van der Waals surface area contributed by atoms with Crippen LogP contribution >= 0.6 is 0 Å². The smallest absolute Gasteiger partial charge is 0.385 e. The third-order valence-corrected chi connectivity index (χ3v) is 4.55. The van der Waals surface area contributed by atoms with E-state index in [4.69, 9.17) is 10.5 Å². The van der Waals surface area contributed by atoms with Gasteiger partial charge < -0.3 is 15.6 Å². The maximum Gasteiger partial charge on any atom is 0.416 e. The van der Waals surface area contributed by atoms with Gasteiger partial charge in [0.1, 0.15) is 6.23 Å². The highest BCUT2D eigenvalue weighted by molar-refractivity contribution is 5.34. The number of aryl methyl sites for hydroxylation is 2. The number of alkyl halides is 6. The quantitative estimate of drug-likeness (QED) is 0.469. The van der Waals surface area contributed by atoms with Crippen molar-refractivity contribution in [2.45, 2.75) is 58.0 Å². The Hall–Kier alpha value is -2.10. The third kappa shape index (κ3) is 6.45. The van der Waals surface area contributed by atoms with E-state index in [1.165, 1.54) is 6.92 Å². The molecule has 9 heteroatoms. The van der Waals surface area contributed by atoms with Crippen molar-refractivity contribution in [1.29, 1.82) is 0 Å². The van der Waals surface area contributed by atoms with Crippen molar-refractivity contribution in [2.75, 3.05) is 0 Å². The number of aliphatic hydroxyl groups is 1. The van der Waals surface area contributed by atoms with Gasteiger partial charge in [-0.05, 0) is 50.1 Å². The SMILES string of the molecule is Cc1cc(C)cc(C(C)(O)CC(N)OCc2cc(C(F)(F)F)cc(C(F)(F)F)c2)c1. The van der Waals surface area contributed by atoms with Crippen LogP contribution in [-0.2, 0) is 29.3 Å². The van der Waals surface area contributed by atoms with Crippen LogP contribution in [0.4, 0.5) is 26.3 Å². The predicted octanol–water partition coefficient (Wildman–Crippen LogP) is 5.44. The Morgan fingerprint density at radius 1 is 0.833 bits per heavy atom. The summed E-state index contributed by atoms with van der Waals surface area (Å²) in [7, 11) is 0. The molecule has 0 spiro atoms. The molecule has 0 amide bonds. The molecule has 0 aromatic heterocycles. The minimum atomic E-state index is -4.94. The molecule has 2 unspecified atom stereocenters. The molecular weight excluding hydrogens is 412 g/mol. The van der Waals surface area contributed by atoms with Crippen LogP contribution < -0.4 is 5.73 Å². The summed E-state index contributed by atoms with van der Waals surface area (Å²) < 4.78 is 82.9. The Morgan fingerprint density at radius 3 is 1.73 bits per heavy atom. The molecule has 2 rings (SSSR count). The van der Waals surface area contributed by atoms with Gasteiger partial charge in [-0.15, -0.1) is 0 Å². The maximum absolute atomic E-state index is 12.9. The lowest BCUT2D eigenvalue weighted by Crippen LogP contribution is -2.34. The number of benzene rings is 2. The van der Waals surface area contributed by atoms with Gasteiger partial charge in [-0.1, -0.05) is 29.3 Å². The molecule has 0 radical (unpaired) electrons. The number of nitrogens with two attached hydrogens (primary N) is 1. The van der Waals surface area contributed by atoms with E-state index in [9.17, 15) is 31.4 Å². The fourth-order valence-electron chi connectivity index (χ4n) is 3.16. The molecule has 0 saturated heterocycles. The van der Waals surface area contributed by atoms with Crippen LogP contribution in [0, 0.1) is 13.8 Å². The molecule has 3 nitrogen and oxygen atoms in total. The summed E-state index contributed by atoms with van der Waals surface area (Å²) in [6.07, 6.45) is -11.1. The lowest BCUT2D eigenvalue weighted by atomic mass is 9.89. The largest absolute Gasteiger partial charge is 0.416 e. The number of rotatable bonds is 6. The second-order valence-electron chi connectivity index (χ2n) is 7.62. The minimum absolute atomic E-state index is 0.0499. The van der Waals surface area contributed by atoms with E-state index in [0.29, 0.717) is 17.7 Å². The van der Waals surface area contributed by atoms with Crippen molar-refractivity contribution >= 4 is 0 Å². The van der Waals surface area contributed by atoms with Gasteiger partial charge in [-0.3, -0.25) is 0 Å². The Balaban J connectivity index is 2.16. The van der Waals surface area contributed by atoms with Crippen molar-refractivity contribution < 1.29 is 36.2 Å². The highest BCUT2D eigenvalue weighted by Crippen LogP contribution is 2.36. The van der Waals surface area contributed by atoms with Crippen molar-refractivity contribution in [1.82, 2.24) is 0 Å². The first-order valence-corrected chi connectivity index (χ1v) is 9.04. The second kappa shape index (κ2) is 8.56. The van der Waals surface area contributed by atoms with Crippen molar-refractivity contribution in [2.24, 2.45) is 5.73 Å². The lowest BCUT2D eigenvalue weighted by molar-refractivity contribution is -0.143. The molecule has 2 atom stereocenters. The van der Waals surface area contributed by atoms with Crippen LogP contribution in [0.1, 0.15) is 46.7 Å². The summed E-state index contributed by atoms with van der Waals surface area (Å²) >= 11 is 0. The average molecular weight is 435 g/mol. The first-order chi connectivity index (χ1) is 13.6. The number of halogens is 6. The van der Waals surface area contributed by atoms with E-state index < -0.39 is 41.9 Å². The molecule has 0 aliphatic heterocycles. The molecule has 30 heavy (non-hydrogen) atoms. The molecule has 166 valence electrons. The summed E-state index contributed by atoms with van der Waals surface area (Å²) in [5.41, 5.74) is 3.69. The number of hydrogen-bond acceptors (Lipinski definition) is 3. The van der Waals surface area contributed by atoms with Crippen LogP contribution in [0.15, 0.2) is 36.4 Å². The van der Waals surface area contributed by atoms with Crippen molar-refractivity contribution in [3.05, 3.63) is 69.8 Å². The summed E-state index contributed by atoms with van der Waals surface area (Å²) in [5, 5.41) is 10.7. The standard InChI is InChI=1S/C21H23F6NO2/c1-12-4-13(2)6-15(5-12)19(3,29)10-18(28)30-11-14-7-16(20(22,23)24)9-17(8-14)21(25,26)27/h4-9,18,29H,10-11,28H2,1-3H3. The Morgan fingerprint density at radius 2 is 1.30 bits per heavy atom. The first-order valence-electron chi connectivity index (χ1n) is 9.04. The fourth-order valence-corrected chi connectivity index (χ4v) is 3.16. The minimum Gasteiger partial charge on any atom is -0.385 e. The van der Waals surface area contributed by atoms with Gasteiger partial charge in [-0.25, -0.2) is 0 Å². The second-order valence-corrected chi connectivity index (χ2v) is 7.62. The zero-order valence-electron chi connectivity index (χ0n) is 16.7. The van der Waals surface area contributed by atoms with Crippen LogP contribution in [0.5, 0.6) is 0 Å². The van der Waals surface area contributed by atoms with E-state index >= 15 is 0 Å². The average Bonchev–Trinajstić information content (AvgIpc) is 2.57. The van der Waals surface area contributed by atoms with E-state index in [-0.39, 0.29) is 18.1 Å². The number of hydrogen-bond donors (Lipinski definition) is 2. The van der Waals surface area contributed by atoms with Gasteiger partial charge in [0.25, 0.3) is 0 Å². The van der Waals surface area contributed by atoms with Gasteiger partial charge >= 0.3 is 12.4 Å². The van der Waals surface area contributed by atoms with E-state index in [0.717, 1.165) is 11.1 Å². The highest BCUT2D eigenvalue weighted by Gasteiger charge is 2.37. The maximum atomic E-state index is 12.9. The van der Waals surface area contributed by atoms with Crippen LogP contribution in [0.25, 0.3) is 0 Å². The molecule has 3 N–H and O–H groups in total. The summed E-state index contributed by atoms with van der Waals surface area (Å²) in [4.78, 5) is 0. The fraction of sp³-hybridized carbons (Fsp3) is 0.429. The van der Waals surface area contributed by atoms with E-state index in [1.807, 2.05) is 19.9 Å². The molecule has 0 aliphatic carbocycles.